The Morgan fingerprint density at radius 3 is 2.81 bits per heavy atom. The molecule has 0 saturated carbocycles. The van der Waals surface area contributed by atoms with Crippen LogP contribution in [0.1, 0.15) is 37.0 Å². The van der Waals surface area contributed by atoms with E-state index in [1.807, 2.05) is 0 Å². The average Bonchev–Trinajstić information content (AvgIpc) is 2.44. The van der Waals surface area contributed by atoms with E-state index < -0.39 is 4.92 Å². The van der Waals surface area contributed by atoms with E-state index in [1.54, 1.807) is 11.9 Å². The van der Waals surface area contributed by atoms with Gasteiger partial charge in [-0.25, -0.2) is 4.98 Å². The summed E-state index contributed by atoms with van der Waals surface area (Å²) < 4.78 is 0. The van der Waals surface area contributed by atoms with Crippen LogP contribution >= 0.6 is 0 Å². The average molecular weight is 292 g/mol. The number of pyridine rings is 1. The van der Waals surface area contributed by atoms with Gasteiger partial charge in [-0.1, -0.05) is 13.8 Å². The van der Waals surface area contributed by atoms with Gasteiger partial charge in [0, 0.05) is 26.2 Å². The normalized spacial score (nSPS) is 17.4. The molecule has 1 aliphatic heterocycles. The predicted octanol–water partition coefficient (Wildman–Crippen LogP) is 2.29. The zero-order valence-electron chi connectivity index (χ0n) is 12.5. The number of rotatable bonds is 3. The van der Waals surface area contributed by atoms with Gasteiger partial charge in [0.25, 0.3) is 11.6 Å². The van der Waals surface area contributed by atoms with E-state index in [0.717, 1.165) is 19.0 Å². The molecule has 7 heteroatoms. The van der Waals surface area contributed by atoms with Crippen molar-refractivity contribution >= 4 is 17.4 Å². The summed E-state index contributed by atoms with van der Waals surface area (Å²) in [7, 11) is 1.64. The fraction of sp³-hybridized carbons (Fsp3) is 0.571. The van der Waals surface area contributed by atoms with Gasteiger partial charge in [-0.15, -0.1) is 0 Å². The molecule has 2 rings (SSSR count). The van der Waals surface area contributed by atoms with Crippen LogP contribution in [0, 0.1) is 15.5 Å². The zero-order valence-corrected chi connectivity index (χ0v) is 12.5. The molecular formula is C14H20N4O3. The lowest BCUT2D eigenvalue weighted by Crippen LogP contribution is -2.43. The maximum Gasteiger partial charge on any atom is 0.288 e. The van der Waals surface area contributed by atoms with E-state index in [9.17, 15) is 14.9 Å². The third-order valence-electron chi connectivity index (χ3n) is 3.74. The van der Waals surface area contributed by atoms with Gasteiger partial charge in [0.05, 0.1) is 10.5 Å². The Hall–Kier alpha value is -2.18. The Bertz CT molecular complexity index is 571. The molecule has 1 saturated heterocycles. The number of carbonyl (C=O) groups is 1. The Labute approximate surface area is 123 Å². The predicted molar refractivity (Wildman–Crippen MR) is 79.4 cm³/mol. The minimum absolute atomic E-state index is 0.0713. The number of likely N-dealkylation sites (tertiary alicyclic amines) is 1. The summed E-state index contributed by atoms with van der Waals surface area (Å²) in [4.78, 5) is 28.7. The Morgan fingerprint density at radius 2 is 2.24 bits per heavy atom. The summed E-state index contributed by atoms with van der Waals surface area (Å²) >= 11 is 0. The van der Waals surface area contributed by atoms with E-state index >= 15 is 0 Å². The quantitative estimate of drug-likeness (QED) is 0.682. The van der Waals surface area contributed by atoms with Crippen LogP contribution in [0.5, 0.6) is 0 Å². The van der Waals surface area contributed by atoms with Crippen molar-refractivity contribution < 1.29 is 9.72 Å². The van der Waals surface area contributed by atoms with Crippen LogP contribution in [0.4, 0.5) is 11.5 Å². The van der Waals surface area contributed by atoms with Crippen molar-refractivity contribution in [2.24, 2.45) is 5.41 Å². The fourth-order valence-corrected chi connectivity index (χ4v) is 2.68. The molecule has 0 aromatic carbocycles. The number of nitrogens with one attached hydrogen (secondary N) is 1. The van der Waals surface area contributed by atoms with Crippen LogP contribution in [0.2, 0.25) is 0 Å². The minimum Gasteiger partial charge on any atom is -0.372 e. The lowest BCUT2D eigenvalue weighted by molar-refractivity contribution is -0.385. The second kappa shape index (κ2) is 5.67. The molecule has 1 aliphatic rings. The van der Waals surface area contributed by atoms with E-state index in [-0.39, 0.29) is 22.6 Å². The van der Waals surface area contributed by atoms with Gasteiger partial charge in [0.15, 0.2) is 0 Å². The molecule has 2 heterocycles. The maximum absolute atomic E-state index is 12.7. The molecule has 0 atom stereocenters. The first kappa shape index (κ1) is 15.2. The molecule has 0 radical (unpaired) electrons. The molecule has 0 bridgehead atoms. The van der Waals surface area contributed by atoms with Gasteiger partial charge in [0.1, 0.15) is 12.0 Å². The molecule has 21 heavy (non-hydrogen) atoms. The Kier molecular flexibility index (Phi) is 4.11. The van der Waals surface area contributed by atoms with Crippen molar-refractivity contribution in [1.82, 2.24) is 9.88 Å². The van der Waals surface area contributed by atoms with Crippen molar-refractivity contribution in [1.29, 1.82) is 0 Å². The second-order valence-corrected chi connectivity index (χ2v) is 6.09. The van der Waals surface area contributed by atoms with Gasteiger partial charge in [-0.05, 0) is 18.3 Å². The van der Waals surface area contributed by atoms with Crippen LogP contribution in [0.3, 0.4) is 0 Å². The number of nitrogens with zero attached hydrogens (tertiary/aromatic N) is 3. The number of carbonyl (C=O) groups excluding carboxylic acids is 1. The number of hydrogen-bond acceptors (Lipinski definition) is 5. The summed E-state index contributed by atoms with van der Waals surface area (Å²) in [6.07, 6.45) is 3.17. The highest BCUT2D eigenvalue weighted by molar-refractivity contribution is 5.99. The molecule has 114 valence electrons. The molecule has 7 nitrogen and oxygen atoms in total. The smallest absolute Gasteiger partial charge is 0.288 e. The first-order chi connectivity index (χ1) is 9.84. The van der Waals surface area contributed by atoms with Gasteiger partial charge in [0.2, 0.25) is 0 Å². The first-order valence-electron chi connectivity index (χ1n) is 6.95. The lowest BCUT2D eigenvalue weighted by atomic mass is 9.84. The van der Waals surface area contributed by atoms with Crippen LogP contribution in [0.15, 0.2) is 12.3 Å². The Morgan fingerprint density at radius 1 is 1.52 bits per heavy atom. The van der Waals surface area contributed by atoms with Crippen molar-refractivity contribution in [3.63, 3.8) is 0 Å². The van der Waals surface area contributed by atoms with E-state index in [1.165, 1.54) is 6.07 Å². The number of amides is 1. The second-order valence-electron chi connectivity index (χ2n) is 6.09. The molecule has 1 N–H and O–H groups in total. The summed E-state index contributed by atoms with van der Waals surface area (Å²) in [5.74, 6) is 0.164. The number of aromatic nitrogens is 1. The molecular weight excluding hydrogens is 272 g/mol. The zero-order chi connectivity index (χ0) is 15.6. The standard InChI is InChI=1S/C14H20N4O3/c1-14(2)5-4-6-17(9-14)13(19)11-7-10(18(20)21)8-16-12(11)15-3/h7-8H,4-6,9H2,1-3H3,(H,15,16). The van der Waals surface area contributed by atoms with Crippen molar-refractivity contribution in [2.75, 3.05) is 25.5 Å². The monoisotopic (exact) mass is 292 g/mol. The minimum atomic E-state index is -0.538. The van der Waals surface area contributed by atoms with Gasteiger partial charge in [-0.2, -0.15) is 0 Å². The molecule has 1 amide bonds. The van der Waals surface area contributed by atoms with Crippen LogP contribution in [0.25, 0.3) is 0 Å². The summed E-state index contributed by atoms with van der Waals surface area (Å²) in [5.41, 5.74) is 0.153. The third kappa shape index (κ3) is 3.29. The van der Waals surface area contributed by atoms with E-state index in [4.69, 9.17) is 0 Å². The largest absolute Gasteiger partial charge is 0.372 e. The number of nitro groups is 1. The first-order valence-corrected chi connectivity index (χ1v) is 6.95. The third-order valence-corrected chi connectivity index (χ3v) is 3.74. The lowest BCUT2D eigenvalue weighted by Gasteiger charge is -2.38. The van der Waals surface area contributed by atoms with E-state index in [2.05, 4.69) is 24.1 Å². The van der Waals surface area contributed by atoms with Crippen molar-refractivity contribution in [3.8, 4) is 0 Å². The molecule has 1 aromatic heterocycles. The molecule has 1 aromatic rings. The van der Waals surface area contributed by atoms with Crippen molar-refractivity contribution in [3.05, 3.63) is 27.9 Å². The highest BCUT2D eigenvalue weighted by atomic mass is 16.6. The van der Waals surface area contributed by atoms with Crippen LogP contribution in [-0.2, 0) is 0 Å². The van der Waals surface area contributed by atoms with E-state index in [0.29, 0.717) is 18.9 Å². The fourth-order valence-electron chi connectivity index (χ4n) is 2.68. The Balaban J connectivity index is 2.33. The van der Waals surface area contributed by atoms with Crippen LogP contribution < -0.4 is 5.32 Å². The number of piperidine rings is 1. The van der Waals surface area contributed by atoms with Gasteiger partial charge in [-0.3, -0.25) is 14.9 Å². The molecule has 0 unspecified atom stereocenters. The van der Waals surface area contributed by atoms with Crippen molar-refractivity contribution in [2.45, 2.75) is 26.7 Å². The molecule has 0 spiro atoms. The summed E-state index contributed by atoms with van der Waals surface area (Å²) in [5, 5.41) is 13.7. The SMILES string of the molecule is CNc1ncc([N+](=O)[O-])cc1C(=O)N1CCCC(C)(C)C1. The number of hydrogen-bond donors (Lipinski definition) is 1. The van der Waals surface area contributed by atoms with Crippen LogP contribution in [-0.4, -0.2) is 40.9 Å². The maximum atomic E-state index is 12.7. The topological polar surface area (TPSA) is 88.4 Å². The molecule has 1 fully saturated rings. The van der Waals surface area contributed by atoms with Gasteiger partial charge >= 0.3 is 0 Å². The molecule has 0 aliphatic carbocycles. The summed E-state index contributed by atoms with van der Waals surface area (Å²) in [6, 6.07) is 1.29. The van der Waals surface area contributed by atoms with Gasteiger partial charge < -0.3 is 10.2 Å². The number of anilines is 1. The highest BCUT2D eigenvalue weighted by Crippen LogP contribution is 2.30. The summed E-state index contributed by atoms with van der Waals surface area (Å²) in [6.45, 7) is 5.57. The highest BCUT2D eigenvalue weighted by Gasteiger charge is 2.31.